The van der Waals surface area contributed by atoms with E-state index in [1.165, 1.54) is 17.6 Å². The van der Waals surface area contributed by atoms with E-state index in [0.29, 0.717) is 23.1 Å². The normalized spacial score (nSPS) is 18.2. The Morgan fingerprint density at radius 2 is 2.04 bits per heavy atom. The first-order valence-corrected chi connectivity index (χ1v) is 9.35. The van der Waals surface area contributed by atoms with Crippen LogP contribution in [0.25, 0.3) is 5.83 Å². The molecule has 0 saturated carbocycles. The van der Waals surface area contributed by atoms with E-state index in [1.54, 1.807) is 25.1 Å². The summed E-state index contributed by atoms with van der Waals surface area (Å²) >= 11 is 0. The van der Waals surface area contributed by atoms with E-state index in [4.69, 9.17) is 5.73 Å². The van der Waals surface area contributed by atoms with E-state index in [9.17, 15) is 4.79 Å². The van der Waals surface area contributed by atoms with Crippen LogP contribution in [0.3, 0.4) is 0 Å². The van der Waals surface area contributed by atoms with Gasteiger partial charge in [-0.25, -0.2) is 4.39 Å². The van der Waals surface area contributed by atoms with E-state index in [2.05, 4.69) is 26.8 Å². The van der Waals surface area contributed by atoms with Crippen LogP contribution in [0.15, 0.2) is 47.1 Å². The number of carbonyl (C=O) groups excluding carboxylic acids is 1. The highest BCUT2D eigenvalue weighted by Gasteiger charge is 2.26. The third-order valence-electron chi connectivity index (χ3n) is 5.40. The summed E-state index contributed by atoms with van der Waals surface area (Å²) in [5.74, 6) is -0.741. The van der Waals surface area contributed by atoms with Crippen LogP contribution in [0.4, 0.5) is 4.39 Å². The van der Waals surface area contributed by atoms with Gasteiger partial charge >= 0.3 is 0 Å². The number of aryl methyl sites for hydroxylation is 1. The van der Waals surface area contributed by atoms with Gasteiger partial charge in [-0.15, -0.1) is 0 Å². The van der Waals surface area contributed by atoms with Crippen molar-refractivity contribution >= 4 is 11.7 Å². The van der Waals surface area contributed by atoms with Crippen LogP contribution in [0.1, 0.15) is 75.4 Å². The molecular formula is C23H30FNO. The lowest BCUT2D eigenvalue weighted by Crippen LogP contribution is -2.19. The third kappa shape index (κ3) is 4.32. The Bertz CT molecular complexity index is 796. The number of benzene rings is 1. The molecule has 26 heavy (non-hydrogen) atoms. The number of hydrogen-bond donors (Lipinski definition) is 1. The number of carbonyl (C=O) groups is 1. The molecule has 2 N–H and O–H groups in total. The number of allylic oxidation sites excluding steroid dienone is 5. The van der Waals surface area contributed by atoms with E-state index in [0.717, 1.165) is 18.4 Å². The summed E-state index contributed by atoms with van der Waals surface area (Å²) in [6.45, 7) is 10.4. The molecule has 3 heteroatoms. The number of primary amides is 1. The molecule has 1 aliphatic carbocycles. The number of hydrogen-bond acceptors (Lipinski definition) is 1. The van der Waals surface area contributed by atoms with Gasteiger partial charge in [0.05, 0.1) is 0 Å². The van der Waals surface area contributed by atoms with Gasteiger partial charge in [-0.2, -0.15) is 0 Å². The van der Waals surface area contributed by atoms with Crippen LogP contribution in [-0.4, -0.2) is 5.91 Å². The van der Waals surface area contributed by atoms with Crippen molar-refractivity contribution in [2.24, 2.45) is 11.1 Å². The SMILES string of the molecule is CCc1cc(C(N)=O)ccc1/C(F)=C(C)/C=C/C1=C(C)CCCC1(C)C. The van der Waals surface area contributed by atoms with Crippen LogP contribution in [0, 0.1) is 5.41 Å². The fourth-order valence-corrected chi connectivity index (χ4v) is 3.76. The number of rotatable bonds is 5. The maximum atomic E-state index is 15.0. The van der Waals surface area contributed by atoms with Gasteiger partial charge in [0.15, 0.2) is 0 Å². The average molecular weight is 355 g/mol. The smallest absolute Gasteiger partial charge is 0.248 e. The Morgan fingerprint density at radius 1 is 1.35 bits per heavy atom. The molecule has 0 spiro atoms. The first kappa shape index (κ1) is 20.2. The minimum absolute atomic E-state index is 0.132. The van der Waals surface area contributed by atoms with Crippen molar-refractivity contribution in [3.63, 3.8) is 0 Å². The summed E-state index contributed by atoms with van der Waals surface area (Å²) in [4.78, 5) is 11.4. The quantitative estimate of drug-likeness (QED) is 0.634. The molecule has 1 aromatic carbocycles. The average Bonchev–Trinajstić information content (AvgIpc) is 2.59. The molecule has 0 aliphatic heterocycles. The second-order valence-electron chi connectivity index (χ2n) is 7.85. The summed E-state index contributed by atoms with van der Waals surface area (Å²) in [5.41, 5.74) is 10.5. The Hall–Kier alpha value is -2.16. The molecule has 0 aromatic heterocycles. The van der Waals surface area contributed by atoms with Crippen molar-refractivity contribution in [3.8, 4) is 0 Å². The van der Waals surface area contributed by atoms with E-state index in [1.807, 2.05) is 13.0 Å². The van der Waals surface area contributed by atoms with E-state index >= 15 is 4.39 Å². The highest BCUT2D eigenvalue weighted by Crippen LogP contribution is 2.41. The maximum Gasteiger partial charge on any atom is 0.248 e. The Kier molecular flexibility index (Phi) is 6.22. The van der Waals surface area contributed by atoms with Crippen molar-refractivity contribution in [1.82, 2.24) is 0 Å². The highest BCUT2D eigenvalue weighted by atomic mass is 19.1. The van der Waals surface area contributed by atoms with Crippen molar-refractivity contribution < 1.29 is 9.18 Å². The lowest BCUT2D eigenvalue weighted by atomic mass is 9.72. The second kappa shape index (κ2) is 8.03. The number of amides is 1. The molecule has 1 aromatic rings. The molecule has 2 rings (SSSR count). The van der Waals surface area contributed by atoms with Crippen LogP contribution >= 0.6 is 0 Å². The largest absolute Gasteiger partial charge is 0.366 e. The van der Waals surface area contributed by atoms with Crippen LogP contribution in [0.2, 0.25) is 0 Å². The predicted octanol–water partition coefficient (Wildman–Crippen LogP) is 6.13. The van der Waals surface area contributed by atoms with Gasteiger partial charge in [-0.3, -0.25) is 4.79 Å². The molecule has 140 valence electrons. The van der Waals surface area contributed by atoms with Gasteiger partial charge < -0.3 is 5.73 Å². The molecule has 2 nitrogen and oxygen atoms in total. The van der Waals surface area contributed by atoms with E-state index in [-0.39, 0.29) is 11.2 Å². The molecule has 0 unspecified atom stereocenters. The highest BCUT2D eigenvalue weighted by molar-refractivity contribution is 5.93. The van der Waals surface area contributed by atoms with Crippen molar-refractivity contribution in [2.75, 3.05) is 0 Å². The Labute approximate surface area is 156 Å². The van der Waals surface area contributed by atoms with E-state index < -0.39 is 5.91 Å². The summed E-state index contributed by atoms with van der Waals surface area (Å²) in [6, 6.07) is 4.93. The monoisotopic (exact) mass is 355 g/mol. The molecule has 0 radical (unpaired) electrons. The van der Waals surface area contributed by atoms with Gasteiger partial charge in [-0.1, -0.05) is 44.6 Å². The van der Waals surface area contributed by atoms with Crippen molar-refractivity contribution in [3.05, 3.63) is 63.8 Å². The summed E-state index contributed by atoms with van der Waals surface area (Å²) < 4.78 is 15.0. The summed E-state index contributed by atoms with van der Waals surface area (Å²) in [5, 5.41) is 0. The molecular weight excluding hydrogens is 325 g/mol. The van der Waals surface area contributed by atoms with Crippen molar-refractivity contribution in [2.45, 2.75) is 60.3 Å². The molecule has 0 bridgehead atoms. The molecule has 1 amide bonds. The number of nitrogens with two attached hydrogens (primary N) is 1. The lowest BCUT2D eigenvalue weighted by molar-refractivity contribution is 0.1000. The zero-order valence-electron chi connectivity index (χ0n) is 16.6. The van der Waals surface area contributed by atoms with Gasteiger partial charge in [0.2, 0.25) is 5.91 Å². The molecule has 0 fully saturated rings. The molecule has 0 saturated heterocycles. The Morgan fingerprint density at radius 3 is 2.62 bits per heavy atom. The standard InChI is InChI=1S/C23H30FNO/c1-6-17-14-18(22(25)26)10-11-19(17)21(24)16(3)9-12-20-15(2)8-7-13-23(20,4)5/h9-12,14H,6-8,13H2,1-5H3,(H2,25,26)/b12-9+,21-16-. The minimum atomic E-state index is -0.491. The topological polar surface area (TPSA) is 43.1 Å². The van der Waals surface area contributed by atoms with Crippen molar-refractivity contribution in [1.29, 1.82) is 0 Å². The van der Waals surface area contributed by atoms with Gasteiger partial charge in [0.1, 0.15) is 5.83 Å². The first-order valence-electron chi connectivity index (χ1n) is 9.35. The zero-order valence-corrected chi connectivity index (χ0v) is 16.6. The van der Waals surface area contributed by atoms with Gasteiger partial charge in [0, 0.05) is 11.1 Å². The second-order valence-corrected chi connectivity index (χ2v) is 7.85. The number of halogens is 1. The van der Waals surface area contributed by atoms with Crippen LogP contribution in [0.5, 0.6) is 0 Å². The lowest BCUT2D eigenvalue weighted by Gasteiger charge is -2.33. The van der Waals surface area contributed by atoms with Crippen LogP contribution in [-0.2, 0) is 6.42 Å². The molecule has 0 heterocycles. The van der Waals surface area contributed by atoms with Crippen LogP contribution < -0.4 is 5.73 Å². The maximum absolute atomic E-state index is 15.0. The molecule has 0 atom stereocenters. The minimum Gasteiger partial charge on any atom is -0.366 e. The predicted molar refractivity (Wildman–Crippen MR) is 108 cm³/mol. The summed E-state index contributed by atoms with van der Waals surface area (Å²) in [7, 11) is 0. The molecule has 1 aliphatic rings. The third-order valence-corrected chi connectivity index (χ3v) is 5.40. The van der Waals surface area contributed by atoms with Gasteiger partial charge in [-0.05, 0) is 73.8 Å². The Balaban J connectivity index is 2.39. The fourth-order valence-electron chi connectivity index (χ4n) is 3.76. The summed E-state index contributed by atoms with van der Waals surface area (Å²) in [6.07, 6.45) is 8.08. The fraction of sp³-hybridized carbons (Fsp3) is 0.435. The van der Waals surface area contributed by atoms with Gasteiger partial charge in [0.25, 0.3) is 0 Å². The zero-order chi connectivity index (χ0) is 19.5. The first-order chi connectivity index (χ1) is 12.2.